The summed E-state index contributed by atoms with van der Waals surface area (Å²) in [5, 5.41) is 0. The first-order chi connectivity index (χ1) is 12.7. The molecule has 8 heteroatoms. The van der Waals surface area contributed by atoms with E-state index in [9.17, 15) is 0 Å². The van der Waals surface area contributed by atoms with Crippen molar-refractivity contribution >= 4 is 33.0 Å². The van der Waals surface area contributed by atoms with Crippen molar-refractivity contribution in [3.8, 4) is 5.88 Å². The van der Waals surface area contributed by atoms with E-state index >= 15 is 0 Å². The number of fused-ring (bicyclic) bond motifs is 1. The van der Waals surface area contributed by atoms with Gasteiger partial charge in [0.2, 0.25) is 17.7 Å². The van der Waals surface area contributed by atoms with Gasteiger partial charge in [-0.05, 0) is 35.0 Å². The minimum Gasteiger partial charge on any atom is -0.480 e. The number of benzene rings is 1. The predicted octanol–water partition coefficient (Wildman–Crippen LogP) is 3.27. The Morgan fingerprint density at radius 1 is 1.15 bits per heavy atom. The Balaban J connectivity index is 1.44. The van der Waals surface area contributed by atoms with Crippen molar-refractivity contribution in [3.05, 3.63) is 40.8 Å². The fourth-order valence-corrected chi connectivity index (χ4v) is 3.53. The fraction of sp³-hybridized carbons (Fsp3) is 0.389. The second kappa shape index (κ2) is 7.20. The quantitative estimate of drug-likeness (QED) is 0.644. The van der Waals surface area contributed by atoms with Crippen LogP contribution in [-0.2, 0) is 0 Å². The summed E-state index contributed by atoms with van der Waals surface area (Å²) in [4.78, 5) is 18.0. The topological polar surface area (TPSA) is 67.5 Å². The molecular weight excluding hydrogens is 398 g/mol. The highest BCUT2D eigenvalue weighted by molar-refractivity contribution is 9.10. The third-order valence-corrected chi connectivity index (χ3v) is 5.25. The largest absolute Gasteiger partial charge is 0.480 e. The Hall–Kier alpha value is -2.19. The van der Waals surface area contributed by atoms with Crippen molar-refractivity contribution in [2.75, 3.05) is 38.2 Å². The van der Waals surface area contributed by atoms with Crippen molar-refractivity contribution in [1.82, 2.24) is 19.9 Å². The third kappa shape index (κ3) is 3.26. The van der Waals surface area contributed by atoms with Crippen LogP contribution in [0.15, 0.2) is 39.4 Å². The van der Waals surface area contributed by atoms with Gasteiger partial charge >= 0.3 is 0 Å². The Morgan fingerprint density at radius 3 is 2.65 bits per heavy atom. The lowest BCUT2D eigenvalue weighted by atomic mass is 10.2. The average molecular weight is 418 g/mol. The average Bonchev–Trinajstić information content (AvgIpc) is 3.12. The number of hydrogen-bond acceptors (Lipinski definition) is 7. The van der Waals surface area contributed by atoms with E-state index in [0.717, 1.165) is 47.6 Å². The van der Waals surface area contributed by atoms with Gasteiger partial charge in [0, 0.05) is 26.2 Å². The van der Waals surface area contributed by atoms with E-state index < -0.39 is 0 Å². The van der Waals surface area contributed by atoms with Crippen LogP contribution in [0.25, 0.3) is 11.1 Å². The molecule has 3 heterocycles. The number of ether oxygens (including phenoxy) is 1. The van der Waals surface area contributed by atoms with Crippen LogP contribution in [-0.4, -0.2) is 53.1 Å². The molecule has 7 nitrogen and oxygen atoms in total. The Kier molecular flexibility index (Phi) is 4.78. The van der Waals surface area contributed by atoms with Gasteiger partial charge in [-0.3, -0.25) is 4.90 Å². The first-order valence-electron chi connectivity index (χ1n) is 8.56. The first-order valence-corrected chi connectivity index (χ1v) is 9.36. The Labute approximate surface area is 160 Å². The number of para-hydroxylation sites is 2. The second-order valence-electron chi connectivity index (χ2n) is 6.25. The van der Waals surface area contributed by atoms with Crippen molar-refractivity contribution < 1.29 is 9.15 Å². The van der Waals surface area contributed by atoms with Gasteiger partial charge in [-0.15, -0.1) is 0 Å². The number of aromatic nitrogens is 3. The van der Waals surface area contributed by atoms with Gasteiger partial charge in [0.1, 0.15) is 5.52 Å². The summed E-state index contributed by atoms with van der Waals surface area (Å²) < 4.78 is 11.9. The molecule has 26 heavy (non-hydrogen) atoms. The van der Waals surface area contributed by atoms with Crippen molar-refractivity contribution in [1.29, 1.82) is 0 Å². The van der Waals surface area contributed by atoms with Crippen molar-refractivity contribution in [2.24, 2.45) is 0 Å². The second-order valence-corrected chi connectivity index (χ2v) is 7.10. The molecule has 0 saturated carbocycles. The Morgan fingerprint density at radius 2 is 1.92 bits per heavy atom. The van der Waals surface area contributed by atoms with Crippen LogP contribution >= 0.6 is 15.9 Å². The zero-order chi connectivity index (χ0) is 18.1. The number of nitrogens with zero attached hydrogens (tertiary/aromatic N) is 5. The molecule has 1 saturated heterocycles. The molecule has 0 amide bonds. The lowest BCUT2D eigenvalue weighted by Gasteiger charge is -2.36. The molecular formula is C18H20BrN5O2. The molecule has 0 N–H and O–H groups in total. The van der Waals surface area contributed by atoms with Crippen LogP contribution in [0.5, 0.6) is 5.88 Å². The number of piperazine rings is 1. The van der Waals surface area contributed by atoms with E-state index in [1.165, 1.54) is 0 Å². The number of anilines is 1. The molecule has 1 aliphatic heterocycles. The maximum absolute atomic E-state index is 5.93. The molecule has 1 aliphatic rings. The molecule has 4 rings (SSSR count). The number of oxazole rings is 1. The zero-order valence-corrected chi connectivity index (χ0v) is 16.3. The van der Waals surface area contributed by atoms with Crippen LogP contribution in [0.3, 0.4) is 0 Å². The summed E-state index contributed by atoms with van der Waals surface area (Å²) in [6.07, 6.45) is 1.73. The van der Waals surface area contributed by atoms with Crippen molar-refractivity contribution in [3.63, 3.8) is 0 Å². The molecule has 2 aromatic heterocycles. The SMILES string of the molecule is COc1nc(N2CCN(C(C)c3nc4ccccc4o3)CC2)ncc1Br. The van der Waals surface area contributed by atoms with Crippen LogP contribution < -0.4 is 9.64 Å². The van der Waals surface area contributed by atoms with Gasteiger partial charge in [0.05, 0.1) is 23.8 Å². The van der Waals surface area contributed by atoms with Gasteiger partial charge < -0.3 is 14.1 Å². The number of rotatable bonds is 4. The molecule has 0 spiro atoms. The maximum atomic E-state index is 5.93. The van der Waals surface area contributed by atoms with E-state index in [0.29, 0.717) is 11.8 Å². The minimum atomic E-state index is 0.130. The lowest BCUT2D eigenvalue weighted by molar-refractivity contribution is 0.174. The molecule has 3 aromatic rings. The predicted molar refractivity (Wildman–Crippen MR) is 102 cm³/mol. The molecule has 0 aliphatic carbocycles. The van der Waals surface area contributed by atoms with Crippen LogP contribution in [0.4, 0.5) is 5.95 Å². The smallest absolute Gasteiger partial charge is 0.232 e. The van der Waals surface area contributed by atoms with Crippen LogP contribution in [0.1, 0.15) is 18.9 Å². The fourth-order valence-electron chi connectivity index (χ4n) is 3.17. The molecule has 1 unspecified atom stereocenters. The zero-order valence-electron chi connectivity index (χ0n) is 14.7. The van der Waals surface area contributed by atoms with E-state index in [1.54, 1.807) is 13.3 Å². The summed E-state index contributed by atoms with van der Waals surface area (Å²) in [5.74, 6) is 2.01. The highest BCUT2D eigenvalue weighted by atomic mass is 79.9. The van der Waals surface area contributed by atoms with Gasteiger partial charge in [-0.2, -0.15) is 4.98 Å². The Bertz CT molecular complexity index is 874. The van der Waals surface area contributed by atoms with Crippen LogP contribution in [0, 0.1) is 0 Å². The highest BCUT2D eigenvalue weighted by Crippen LogP contribution is 2.27. The number of methoxy groups -OCH3 is 1. The van der Waals surface area contributed by atoms with E-state index in [-0.39, 0.29) is 6.04 Å². The van der Waals surface area contributed by atoms with Gasteiger partial charge in [-0.1, -0.05) is 12.1 Å². The molecule has 0 bridgehead atoms. The molecule has 1 fully saturated rings. The van der Waals surface area contributed by atoms with Gasteiger partial charge in [-0.25, -0.2) is 9.97 Å². The standard InChI is InChI=1S/C18H20BrN5O2/c1-12(16-21-14-5-3-4-6-15(14)26-16)23-7-9-24(10-8-23)18-20-11-13(19)17(22-18)25-2/h3-6,11-12H,7-10H2,1-2H3. The summed E-state index contributed by atoms with van der Waals surface area (Å²) in [7, 11) is 1.61. The summed E-state index contributed by atoms with van der Waals surface area (Å²) in [6, 6.07) is 8.00. The number of halogens is 1. The van der Waals surface area contributed by atoms with Crippen LogP contribution in [0.2, 0.25) is 0 Å². The first kappa shape index (κ1) is 17.2. The highest BCUT2D eigenvalue weighted by Gasteiger charge is 2.26. The monoisotopic (exact) mass is 417 g/mol. The molecule has 136 valence electrons. The van der Waals surface area contributed by atoms with E-state index in [1.807, 2.05) is 24.3 Å². The third-order valence-electron chi connectivity index (χ3n) is 4.71. The lowest BCUT2D eigenvalue weighted by Crippen LogP contribution is -2.47. The molecule has 1 aromatic carbocycles. The molecule has 0 radical (unpaired) electrons. The van der Waals surface area contributed by atoms with Gasteiger partial charge in [0.15, 0.2) is 5.58 Å². The maximum Gasteiger partial charge on any atom is 0.232 e. The van der Waals surface area contributed by atoms with Gasteiger partial charge in [0.25, 0.3) is 0 Å². The number of hydrogen-bond donors (Lipinski definition) is 0. The summed E-state index contributed by atoms with van der Waals surface area (Å²) in [6.45, 7) is 5.60. The minimum absolute atomic E-state index is 0.130. The normalized spacial score (nSPS) is 16.8. The van der Waals surface area contributed by atoms with E-state index in [4.69, 9.17) is 9.15 Å². The molecule has 1 atom stereocenters. The summed E-state index contributed by atoms with van der Waals surface area (Å²) in [5.41, 5.74) is 1.74. The summed E-state index contributed by atoms with van der Waals surface area (Å²) >= 11 is 3.39. The van der Waals surface area contributed by atoms with Crippen molar-refractivity contribution in [2.45, 2.75) is 13.0 Å². The van der Waals surface area contributed by atoms with E-state index in [2.05, 4.69) is 47.6 Å².